The van der Waals surface area contributed by atoms with Gasteiger partial charge in [-0.2, -0.15) is 0 Å². The van der Waals surface area contributed by atoms with E-state index in [1.165, 1.54) is 7.11 Å². The zero-order valence-electron chi connectivity index (χ0n) is 10.2. The standard InChI is InChI=1S/C13H15ClO3/c1-8-6-9(14)7-10(16-2)11(8)13(4-5-13)12(15)17-3/h6-7H,4-5H2,1-3H3. The Morgan fingerprint density at radius 1 is 1.35 bits per heavy atom. The average molecular weight is 255 g/mol. The number of ether oxygens (including phenoxy) is 2. The molecule has 0 atom stereocenters. The maximum absolute atomic E-state index is 11.9. The number of aryl methyl sites for hydroxylation is 1. The highest BCUT2D eigenvalue weighted by Gasteiger charge is 2.54. The van der Waals surface area contributed by atoms with Crippen LogP contribution in [0, 0.1) is 6.92 Å². The zero-order valence-corrected chi connectivity index (χ0v) is 10.9. The number of hydrogen-bond donors (Lipinski definition) is 0. The number of rotatable bonds is 3. The predicted molar refractivity (Wildman–Crippen MR) is 65.7 cm³/mol. The summed E-state index contributed by atoms with van der Waals surface area (Å²) in [5, 5.41) is 0.615. The fourth-order valence-corrected chi connectivity index (χ4v) is 2.63. The molecule has 92 valence electrons. The maximum Gasteiger partial charge on any atom is 0.316 e. The molecule has 0 bridgehead atoms. The van der Waals surface area contributed by atoms with E-state index in [-0.39, 0.29) is 5.97 Å². The highest BCUT2D eigenvalue weighted by Crippen LogP contribution is 2.53. The van der Waals surface area contributed by atoms with Crippen molar-refractivity contribution in [2.45, 2.75) is 25.2 Å². The van der Waals surface area contributed by atoms with Crippen LogP contribution in [0.1, 0.15) is 24.0 Å². The van der Waals surface area contributed by atoms with Crippen molar-refractivity contribution >= 4 is 17.6 Å². The van der Waals surface area contributed by atoms with Gasteiger partial charge in [0.1, 0.15) is 5.75 Å². The summed E-state index contributed by atoms with van der Waals surface area (Å²) in [6.45, 7) is 1.94. The van der Waals surface area contributed by atoms with E-state index in [0.29, 0.717) is 10.8 Å². The van der Waals surface area contributed by atoms with Crippen molar-refractivity contribution in [3.63, 3.8) is 0 Å². The molecule has 1 aliphatic carbocycles. The lowest BCUT2D eigenvalue weighted by atomic mass is 9.91. The van der Waals surface area contributed by atoms with E-state index in [1.807, 2.05) is 13.0 Å². The molecule has 0 saturated heterocycles. The van der Waals surface area contributed by atoms with Gasteiger partial charge in [-0.3, -0.25) is 4.79 Å². The van der Waals surface area contributed by atoms with Gasteiger partial charge in [0.05, 0.1) is 19.6 Å². The minimum Gasteiger partial charge on any atom is -0.496 e. The number of hydrogen-bond acceptors (Lipinski definition) is 3. The van der Waals surface area contributed by atoms with Crippen LogP contribution in [0.5, 0.6) is 5.75 Å². The molecule has 17 heavy (non-hydrogen) atoms. The Hall–Kier alpha value is -1.22. The molecule has 2 rings (SSSR count). The summed E-state index contributed by atoms with van der Waals surface area (Å²) < 4.78 is 10.2. The minimum absolute atomic E-state index is 0.193. The van der Waals surface area contributed by atoms with Gasteiger partial charge in [0, 0.05) is 10.6 Å². The van der Waals surface area contributed by atoms with Crippen LogP contribution in [0.15, 0.2) is 12.1 Å². The molecule has 0 unspecified atom stereocenters. The van der Waals surface area contributed by atoms with Crippen molar-refractivity contribution in [1.29, 1.82) is 0 Å². The minimum atomic E-state index is -0.519. The third-order valence-electron chi connectivity index (χ3n) is 3.29. The fourth-order valence-electron chi connectivity index (χ4n) is 2.36. The Bertz CT molecular complexity index is 464. The summed E-state index contributed by atoms with van der Waals surface area (Å²) in [6.07, 6.45) is 1.61. The summed E-state index contributed by atoms with van der Waals surface area (Å²) in [6, 6.07) is 3.59. The first-order valence-electron chi connectivity index (χ1n) is 5.48. The van der Waals surface area contributed by atoms with E-state index in [9.17, 15) is 4.79 Å². The topological polar surface area (TPSA) is 35.5 Å². The van der Waals surface area contributed by atoms with Crippen molar-refractivity contribution in [3.05, 3.63) is 28.3 Å². The van der Waals surface area contributed by atoms with Crippen LogP contribution in [-0.2, 0) is 14.9 Å². The number of methoxy groups -OCH3 is 2. The van der Waals surface area contributed by atoms with Crippen LogP contribution in [0.25, 0.3) is 0 Å². The van der Waals surface area contributed by atoms with E-state index in [4.69, 9.17) is 21.1 Å². The third kappa shape index (κ3) is 1.89. The zero-order chi connectivity index (χ0) is 12.6. The molecular formula is C13H15ClO3. The smallest absolute Gasteiger partial charge is 0.316 e. The van der Waals surface area contributed by atoms with E-state index < -0.39 is 5.41 Å². The van der Waals surface area contributed by atoms with Crippen LogP contribution in [0.4, 0.5) is 0 Å². The quantitative estimate of drug-likeness (QED) is 0.778. The van der Waals surface area contributed by atoms with Crippen LogP contribution < -0.4 is 4.74 Å². The average Bonchev–Trinajstić information content (AvgIpc) is 3.08. The number of benzene rings is 1. The van der Waals surface area contributed by atoms with E-state index in [1.54, 1.807) is 13.2 Å². The van der Waals surface area contributed by atoms with Crippen LogP contribution >= 0.6 is 11.6 Å². The molecule has 1 fully saturated rings. The van der Waals surface area contributed by atoms with E-state index >= 15 is 0 Å². The lowest BCUT2D eigenvalue weighted by Gasteiger charge is -2.19. The van der Waals surface area contributed by atoms with E-state index in [0.717, 1.165) is 24.0 Å². The Balaban J connectivity index is 2.55. The molecule has 1 saturated carbocycles. The molecule has 0 aliphatic heterocycles. The number of carbonyl (C=O) groups excluding carboxylic acids is 1. The molecule has 0 spiro atoms. The molecule has 0 N–H and O–H groups in total. The highest BCUT2D eigenvalue weighted by atomic mass is 35.5. The Morgan fingerprint density at radius 2 is 2.00 bits per heavy atom. The molecule has 0 radical (unpaired) electrons. The second-order valence-corrected chi connectivity index (χ2v) is 4.81. The van der Waals surface area contributed by atoms with Crippen molar-refractivity contribution in [1.82, 2.24) is 0 Å². The third-order valence-corrected chi connectivity index (χ3v) is 3.51. The van der Waals surface area contributed by atoms with Crippen molar-refractivity contribution in [2.24, 2.45) is 0 Å². The van der Waals surface area contributed by atoms with E-state index in [2.05, 4.69) is 0 Å². The maximum atomic E-state index is 11.9. The van der Waals surface area contributed by atoms with Crippen LogP contribution in [-0.4, -0.2) is 20.2 Å². The number of halogens is 1. The van der Waals surface area contributed by atoms with Gasteiger partial charge in [-0.15, -0.1) is 0 Å². The van der Waals surface area contributed by atoms with Crippen LogP contribution in [0.2, 0.25) is 5.02 Å². The Morgan fingerprint density at radius 3 is 2.47 bits per heavy atom. The summed E-state index contributed by atoms with van der Waals surface area (Å²) in [5.74, 6) is 0.471. The second-order valence-electron chi connectivity index (χ2n) is 4.37. The second kappa shape index (κ2) is 4.22. The molecule has 1 aromatic carbocycles. The van der Waals surface area contributed by atoms with Gasteiger partial charge in [-0.25, -0.2) is 0 Å². The first kappa shape index (κ1) is 12.2. The fraction of sp³-hybridized carbons (Fsp3) is 0.462. The summed E-state index contributed by atoms with van der Waals surface area (Å²) in [5.41, 5.74) is 1.36. The molecule has 0 heterocycles. The predicted octanol–water partition coefficient (Wildman–Crippen LogP) is 2.86. The van der Waals surface area contributed by atoms with Crippen molar-refractivity contribution in [2.75, 3.05) is 14.2 Å². The van der Waals surface area contributed by atoms with Gasteiger partial charge < -0.3 is 9.47 Å². The molecule has 0 aromatic heterocycles. The molecule has 3 nitrogen and oxygen atoms in total. The largest absolute Gasteiger partial charge is 0.496 e. The first-order chi connectivity index (χ1) is 8.05. The Labute approximate surface area is 106 Å². The SMILES string of the molecule is COC(=O)C1(c2c(C)cc(Cl)cc2OC)CC1. The van der Waals surface area contributed by atoms with Gasteiger partial charge in [-0.05, 0) is 37.5 Å². The molecule has 1 aliphatic rings. The van der Waals surface area contributed by atoms with Gasteiger partial charge in [0.15, 0.2) is 0 Å². The molecular weight excluding hydrogens is 240 g/mol. The lowest BCUT2D eigenvalue weighted by Crippen LogP contribution is -2.23. The Kier molecular flexibility index (Phi) is 3.04. The lowest BCUT2D eigenvalue weighted by molar-refractivity contribution is -0.143. The van der Waals surface area contributed by atoms with Crippen molar-refractivity contribution < 1.29 is 14.3 Å². The van der Waals surface area contributed by atoms with Crippen molar-refractivity contribution in [3.8, 4) is 5.75 Å². The van der Waals surface area contributed by atoms with Gasteiger partial charge >= 0.3 is 5.97 Å². The highest BCUT2D eigenvalue weighted by molar-refractivity contribution is 6.30. The normalized spacial score (nSPS) is 16.5. The molecule has 4 heteroatoms. The van der Waals surface area contributed by atoms with Crippen LogP contribution in [0.3, 0.4) is 0 Å². The number of esters is 1. The monoisotopic (exact) mass is 254 g/mol. The number of carbonyl (C=O) groups is 1. The summed E-state index contributed by atoms with van der Waals surface area (Å²) >= 11 is 5.99. The van der Waals surface area contributed by atoms with Gasteiger partial charge in [0.25, 0.3) is 0 Å². The molecule has 0 amide bonds. The first-order valence-corrected chi connectivity index (χ1v) is 5.86. The molecule has 1 aromatic rings. The summed E-state index contributed by atoms with van der Waals surface area (Å²) in [7, 11) is 3.00. The van der Waals surface area contributed by atoms with Gasteiger partial charge in [0.2, 0.25) is 0 Å². The van der Waals surface area contributed by atoms with Gasteiger partial charge in [-0.1, -0.05) is 11.6 Å². The summed E-state index contributed by atoms with van der Waals surface area (Å²) in [4.78, 5) is 11.9.